The van der Waals surface area contributed by atoms with Crippen LogP contribution in [0.25, 0.3) is 16.7 Å². The third kappa shape index (κ3) is 1.97. The zero-order chi connectivity index (χ0) is 13.2. The standard InChI is InChI=1S/C15H13N3O/c1-2-5-11-8-9-15(19)14(10-11)18-13-7-4-3-6-12(13)16-17-18/h2-4,6-10,19H,1,5H2. The van der Waals surface area contributed by atoms with Crippen molar-refractivity contribution in [3.05, 3.63) is 60.7 Å². The zero-order valence-corrected chi connectivity index (χ0v) is 10.3. The summed E-state index contributed by atoms with van der Waals surface area (Å²) in [6.45, 7) is 3.72. The molecule has 3 rings (SSSR count). The van der Waals surface area contributed by atoms with Crippen LogP contribution in [0.2, 0.25) is 0 Å². The quantitative estimate of drug-likeness (QED) is 0.728. The summed E-state index contributed by atoms with van der Waals surface area (Å²) in [5.41, 5.74) is 3.38. The van der Waals surface area contributed by atoms with Gasteiger partial charge in [-0.1, -0.05) is 29.5 Å². The van der Waals surface area contributed by atoms with Gasteiger partial charge in [0.1, 0.15) is 17.0 Å². The van der Waals surface area contributed by atoms with Gasteiger partial charge in [-0.15, -0.1) is 11.7 Å². The summed E-state index contributed by atoms with van der Waals surface area (Å²) in [7, 11) is 0. The zero-order valence-electron chi connectivity index (χ0n) is 10.3. The largest absolute Gasteiger partial charge is 0.506 e. The van der Waals surface area contributed by atoms with E-state index >= 15 is 0 Å². The van der Waals surface area contributed by atoms with E-state index in [2.05, 4.69) is 16.9 Å². The van der Waals surface area contributed by atoms with E-state index in [0.717, 1.165) is 23.0 Å². The van der Waals surface area contributed by atoms with Crippen LogP contribution in [0.15, 0.2) is 55.1 Å². The molecule has 1 N–H and O–H groups in total. The Morgan fingerprint density at radius 1 is 1.21 bits per heavy atom. The van der Waals surface area contributed by atoms with Gasteiger partial charge in [0.25, 0.3) is 0 Å². The van der Waals surface area contributed by atoms with Gasteiger partial charge >= 0.3 is 0 Å². The monoisotopic (exact) mass is 251 g/mol. The normalized spacial score (nSPS) is 10.7. The average molecular weight is 251 g/mol. The molecule has 0 radical (unpaired) electrons. The van der Waals surface area contributed by atoms with Crippen molar-refractivity contribution in [3.63, 3.8) is 0 Å². The molecule has 0 amide bonds. The fourth-order valence-corrected chi connectivity index (χ4v) is 2.08. The molecule has 3 aromatic rings. The molecule has 19 heavy (non-hydrogen) atoms. The van der Waals surface area contributed by atoms with Gasteiger partial charge in [0.15, 0.2) is 0 Å². The van der Waals surface area contributed by atoms with Crippen LogP contribution >= 0.6 is 0 Å². The number of aromatic hydroxyl groups is 1. The van der Waals surface area contributed by atoms with Crippen molar-refractivity contribution in [1.29, 1.82) is 0 Å². The van der Waals surface area contributed by atoms with Crippen molar-refractivity contribution in [2.24, 2.45) is 0 Å². The Morgan fingerprint density at radius 3 is 2.89 bits per heavy atom. The molecule has 1 heterocycles. The fourth-order valence-electron chi connectivity index (χ4n) is 2.08. The molecular weight excluding hydrogens is 238 g/mol. The number of benzene rings is 2. The molecule has 0 fully saturated rings. The maximum Gasteiger partial charge on any atom is 0.141 e. The Morgan fingerprint density at radius 2 is 2.05 bits per heavy atom. The summed E-state index contributed by atoms with van der Waals surface area (Å²) in [6, 6.07) is 13.1. The lowest BCUT2D eigenvalue weighted by atomic mass is 10.1. The summed E-state index contributed by atoms with van der Waals surface area (Å²) >= 11 is 0. The van der Waals surface area contributed by atoms with E-state index in [0.29, 0.717) is 5.69 Å². The van der Waals surface area contributed by atoms with E-state index in [4.69, 9.17) is 0 Å². The summed E-state index contributed by atoms with van der Waals surface area (Å²) < 4.78 is 1.65. The highest BCUT2D eigenvalue weighted by atomic mass is 16.3. The Balaban J connectivity index is 2.20. The highest BCUT2D eigenvalue weighted by Gasteiger charge is 2.10. The minimum atomic E-state index is 0.184. The van der Waals surface area contributed by atoms with Crippen LogP contribution in [-0.4, -0.2) is 20.1 Å². The van der Waals surface area contributed by atoms with Crippen LogP contribution < -0.4 is 0 Å². The van der Waals surface area contributed by atoms with Gasteiger partial charge in [-0.05, 0) is 36.2 Å². The Bertz CT molecular complexity index is 746. The number of aromatic nitrogens is 3. The Labute approximate surface area is 110 Å². The molecule has 4 nitrogen and oxygen atoms in total. The van der Waals surface area contributed by atoms with Gasteiger partial charge in [-0.3, -0.25) is 0 Å². The van der Waals surface area contributed by atoms with Crippen LogP contribution in [0, 0.1) is 0 Å². The second-order valence-corrected chi connectivity index (χ2v) is 4.31. The van der Waals surface area contributed by atoms with Crippen LogP contribution in [-0.2, 0) is 6.42 Å². The van der Waals surface area contributed by atoms with Gasteiger partial charge in [-0.2, -0.15) is 0 Å². The lowest BCUT2D eigenvalue weighted by Gasteiger charge is -2.07. The second kappa shape index (κ2) is 4.57. The number of phenols is 1. The molecule has 0 spiro atoms. The first kappa shape index (κ1) is 11.5. The van der Waals surface area contributed by atoms with Crippen LogP contribution in [0.4, 0.5) is 0 Å². The van der Waals surface area contributed by atoms with Crippen molar-refractivity contribution in [1.82, 2.24) is 15.0 Å². The Kier molecular flexibility index (Phi) is 2.76. The molecule has 0 aliphatic heterocycles. The van der Waals surface area contributed by atoms with Gasteiger partial charge in [-0.25, -0.2) is 4.68 Å². The van der Waals surface area contributed by atoms with E-state index in [1.165, 1.54) is 0 Å². The first-order valence-corrected chi connectivity index (χ1v) is 6.03. The number of hydrogen-bond acceptors (Lipinski definition) is 3. The number of rotatable bonds is 3. The predicted molar refractivity (Wildman–Crippen MR) is 74.4 cm³/mol. The van der Waals surface area contributed by atoms with E-state index in [1.807, 2.05) is 42.5 Å². The topological polar surface area (TPSA) is 50.9 Å². The molecule has 0 aliphatic rings. The van der Waals surface area contributed by atoms with Crippen molar-refractivity contribution < 1.29 is 5.11 Å². The minimum absolute atomic E-state index is 0.184. The van der Waals surface area contributed by atoms with E-state index in [9.17, 15) is 5.11 Å². The number of phenolic OH excluding ortho intramolecular Hbond substituents is 1. The number of hydrogen-bond donors (Lipinski definition) is 1. The van der Waals surface area contributed by atoms with Gasteiger partial charge < -0.3 is 5.11 Å². The highest BCUT2D eigenvalue weighted by molar-refractivity contribution is 5.76. The van der Waals surface area contributed by atoms with Crippen molar-refractivity contribution in [2.75, 3.05) is 0 Å². The van der Waals surface area contributed by atoms with Gasteiger partial charge in [0, 0.05) is 0 Å². The van der Waals surface area contributed by atoms with Gasteiger partial charge in [0.05, 0.1) is 5.52 Å². The Hall–Kier alpha value is -2.62. The molecule has 4 heteroatoms. The average Bonchev–Trinajstić information content (AvgIpc) is 2.85. The first-order chi connectivity index (χ1) is 9.29. The summed E-state index contributed by atoms with van der Waals surface area (Å²) in [5.74, 6) is 0.184. The molecule has 94 valence electrons. The third-order valence-corrected chi connectivity index (χ3v) is 3.00. The number of nitrogens with zero attached hydrogens (tertiary/aromatic N) is 3. The van der Waals surface area contributed by atoms with Crippen molar-refractivity contribution in [3.8, 4) is 11.4 Å². The van der Waals surface area contributed by atoms with Gasteiger partial charge in [0.2, 0.25) is 0 Å². The lowest BCUT2D eigenvalue weighted by molar-refractivity contribution is 0.470. The smallest absolute Gasteiger partial charge is 0.141 e. The minimum Gasteiger partial charge on any atom is -0.506 e. The summed E-state index contributed by atoms with van der Waals surface area (Å²) in [4.78, 5) is 0. The SMILES string of the molecule is C=CCc1ccc(O)c(-n2nnc3ccccc32)c1. The number of allylic oxidation sites excluding steroid dienone is 1. The first-order valence-electron chi connectivity index (χ1n) is 6.03. The molecule has 0 bridgehead atoms. The van der Waals surface area contributed by atoms with E-state index in [-0.39, 0.29) is 5.75 Å². The maximum absolute atomic E-state index is 10.0. The molecule has 0 atom stereocenters. The lowest BCUT2D eigenvalue weighted by Crippen LogP contribution is -1.98. The summed E-state index contributed by atoms with van der Waals surface area (Å²) in [6.07, 6.45) is 2.58. The molecular formula is C15H13N3O. The van der Waals surface area contributed by atoms with Crippen molar-refractivity contribution in [2.45, 2.75) is 6.42 Å². The number of para-hydroxylation sites is 1. The number of fused-ring (bicyclic) bond motifs is 1. The highest BCUT2D eigenvalue weighted by Crippen LogP contribution is 2.25. The molecule has 0 unspecified atom stereocenters. The van der Waals surface area contributed by atoms with Crippen LogP contribution in [0.3, 0.4) is 0 Å². The summed E-state index contributed by atoms with van der Waals surface area (Å²) in [5, 5.41) is 18.2. The van der Waals surface area contributed by atoms with E-state index in [1.54, 1.807) is 10.7 Å². The van der Waals surface area contributed by atoms with E-state index < -0.39 is 0 Å². The predicted octanol–water partition coefficient (Wildman–Crippen LogP) is 2.85. The maximum atomic E-state index is 10.0. The second-order valence-electron chi connectivity index (χ2n) is 4.31. The molecule has 2 aromatic carbocycles. The third-order valence-electron chi connectivity index (χ3n) is 3.00. The molecule has 0 aliphatic carbocycles. The van der Waals surface area contributed by atoms with Crippen LogP contribution in [0.1, 0.15) is 5.56 Å². The molecule has 0 saturated carbocycles. The van der Waals surface area contributed by atoms with Crippen molar-refractivity contribution >= 4 is 11.0 Å². The fraction of sp³-hybridized carbons (Fsp3) is 0.0667. The molecule has 0 saturated heterocycles. The molecule has 1 aromatic heterocycles. The van der Waals surface area contributed by atoms with Crippen LogP contribution in [0.5, 0.6) is 5.75 Å².